The predicted octanol–water partition coefficient (Wildman–Crippen LogP) is 3.84. The molecule has 0 aromatic heterocycles. The first-order valence-corrected chi connectivity index (χ1v) is 6.43. The third-order valence-electron chi connectivity index (χ3n) is 2.98. The summed E-state index contributed by atoms with van der Waals surface area (Å²) < 4.78 is 5.44. The second kappa shape index (κ2) is 6.19. The molecule has 0 spiro atoms. The highest BCUT2D eigenvalue weighted by atomic mass is 16.5. The molecule has 0 saturated carbocycles. The van der Waals surface area contributed by atoms with Crippen LogP contribution in [0.5, 0.6) is 0 Å². The highest BCUT2D eigenvalue weighted by molar-refractivity contribution is 5.66. The summed E-state index contributed by atoms with van der Waals surface area (Å²) in [4.78, 5) is 11.3. The molecule has 19 heavy (non-hydrogen) atoms. The monoisotopic (exact) mass is 254 g/mol. The van der Waals surface area contributed by atoms with E-state index in [0.29, 0.717) is 6.42 Å². The highest BCUT2D eigenvalue weighted by Crippen LogP contribution is 2.22. The molecule has 0 heterocycles. The Bertz CT molecular complexity index is 546. The first kappa shape index (κ1) is 13.3. The van der Waals surface area contributed by atoms with Gasteiger partial charge in [0, 0.05) is 13.3 Å². The normalized spacial score (nSPS) is 11.9. The van der Waals surface area contributed by atoms with Gasteiger partial charge in [0.15, 0.2) is 0 Å². The largest absolute Gasteiger partial charge is 0.457 e. The Morgan fingerprint density at radius 2 is 1.84 bits per heavy atom. The van der Waals surface area contributed by atoms with Gasteiger partial charge in [0.05, 0.1) is 0 Å². The fourth-order valence-corrected chi connectivity index (χ4v) is 2.15. The fraction of sp³-hybridized carbons (Fsp3) is 0.235. The molecule has 0 saturated heterocycles. The number of carbonyl (C=O) groups is 1. The van der Waals surface area contributed by atoms with Crippen molar-refractivity contribution in [3.63, 3.8) is 0 Å². The number of hydrogen-bond acceptors (Lipinski definition) is 2. The smallest absolute Gasteiger partial charge is 0.303 e. The first-order chi connectivity index (χ1) is 9.15. The summed E-state index contributed by atoms with van der Waals surface area (Å²) in [7, 11) is 0. The molecular weight excluding hydrogens is 236 g/mol. The van der Waals surface area contributed by atoms with E-state index in [9.17, 15) is 4.79 Å². The van der Waals surface area contributed by atoms with Crippen LogP contribution < -0.4 is 0 Å². The van der Waals surface area contributed by atoms with Gasteiger partial charge in [-0.1, -0.05) is 60.2 Å². The number of ether oxygens (including phenoxy) is 1. The van der Waals surface area contributed by atoms with Gasteiger partial charge in [0.1, 0.15) is 6.10 Å². The quantitative estimate of drug-likeness (QED) is 0.775. The lowest BCUT2D eigenvalue weighted by Crippen LogP contribution is -2.11. The molecule has 0 radical (unpaired) electrons. The van der Waals surface area contributed by atoms with Crippen molar-refractivity contribution in [1.29, 1.82) is 0 Å². The molecule has 0 amide bonds. The molecule has 0 bridgehead atoms. The van der Waals surface area contributed by atoms with E-state index in [2.05, 4.69) is 25.1 Å². The number of aryl methyl sites for hydroxylation is 1. The van der Waals surface area contributed by atoms with Crippen molar-refractivity contribution in [1.82, 2.24) is 0 Å². The molecule has 0 fully saturated rings. The van der Waals surface area contributed by atoms with Crippen molar-refractivity contribution in [2.24, 2.45) is 0 Å². The maximum absolute atomic E-state index is 11.3. The Morgan fingerprint density at radius 1 is 1.11 bits per heavy atom. The maximum atomic E-state index is 11.3. The average Bonchev–Trinajstić information content (AvgIpc) is 2.38. The summed E-state index contributed by atoms with van der Waals surface area (Å²) in [6.07, 6.45) is 0.478. The lowest BCUT2D eigenvalue weighted by molar-refractivity contribution is -0.146. The van der Waals surface area contributed by atoms with Gasteiger partial charge in [-0.15, -0.1) is 0 Å². The zero-order valence-corrected chi connectivity index (χ0v) is 11.3. The van der Waals surface area contributed by atoms with Crippen molar-refractivity contribution in [3.8, 4) is 0 Å². The van der Waals surface area contributed by atoms with E-state index in [-0.39, 0.29) is 12.1 Å². The van der Waals surface area contributed by atoms with Crippen LogP contribution in [0.4, 0.5) is 0 Å². The Balaban J connectivity index is 2.21. The van der Waals surface area contributed by atoms with E-state index in [1.54, 1.807) is 0 Å². The summed E-state index contributed by atoms with van der Waals surface area (Å²) in [6.45, 7) is 3.51. The second-order valence-electron chi connectivity index (χ2n) is 4.70. The van der Waals surface area contributed by atoms with Crippen LogP contribution in [0, 0.1) is 6.92 Å². The average molecular weight is 254 g/mol. The molecule has 0 aliphatic heterocycles. The van der Waals surface area contributed by atoms with Crippen LogP contribution in [-0.4, -0.2) is 5.97 Å². The Morgan fingerprint density at radius 3 is 2.47 bits per heavy atom. The molecule has 2 nitrogen and oxygen atoms in total. The molecular formula is C17H18O2. The van der Waals surface area contributed by atoms with Crippen LogP contribution in [0.15, 0.2) is 54.6 Å². The summed E-state index contributed by atoms with van der Waals surface area (Å²) >= 11 is 0. The second-order valence-corrected chi connectivity index (χ2v) is 4.70. The molecule has 0 aliphatic carbocycles. The third kappa shape index (κ3) is 3.95. The van der Waals surface area contributed by atoms with E-state index in [1.807, 2.05) is 36.4 Å². The molecule has 0 aliphatic rings. The number of rotatable bonds is 4. The minimum atomic E-state index is -0.249. The van der Waals surface area contributed by atoms with Gasteiger partial charge in [0.2, 0.25) is 0 Å². The van der Waals surface area contributed by atoms with Crippen molar-refractivity contribution in [2.75, 3.05) is 0 Å². The fourth-order valence-electron chi connectivity index (χ4n) is 2.15. The lowest BCUT2D eigenvalue weighted by Gasteiger charge is -2.17. The Hall–Kier alpha value is -2.09. The van der Waals surface area contributed by atoms with Crippen molar-refractivity contribution < 1.29 is 9.53 Å². The number of carbonyl (C=O) groups excluding carboxylic acids is 1. The van der Waals surface area contributed by atoms with Crippen LogP contribution in [0.2, 0.25) is 0 Å². The Labute approximate surface area is 114 Å². The number of benzene rings is 2. The van der Waals surface area contributed by atoms with Crippen molar-refractivity contribution in [2.45, 2.75) is 26.4 Å². The lowest BCUT2D eigenvalue weighted by atomic mass is 10.00. The first-order valence-electron chi connectivity index (χ1n) is 6.43. The van der Waals surface area contributed by atoms with Crippen LogP contribution in [0.3, 0.4) is 0 Å². The molecule has 98 valence electrons. The van der Waals surface area contributed by atoms with E-state index in [0.717, 1.165) is 5.56 Å². The molecule has 2 aromatic rings. The summed E-state index contributed by atoms with van der Waals surface area (Å²) in [5.41, 5.74) is 3.42. The van der Waals surface area contributed by atoms with E-state index in [1.165, 1.54) is 18.1 Å². The summed E-state index contributed by atoms with van der Waals surface area (Å²) in [5.74, 6) is -0.249. The van der Waals surface area contributed by atoms with Gasteiger partial charge in [-0.25, -0.2) is 0 Å². The molecule has 2 heteroatoms. The molecule has 1 atom stereocenters. The molecule has 0 N–H and O–H groups in total. The topological polar surface area (TPSA) is 26.3 Å². The SMILES string of the molecule is CC(=O)O[C@H](Cc1cccc(C)c1)c1ccccc1. The maximum Gasteiger partial charge on any atom is 0.303 e. The highest BCUT2D eigenvalue weighted by Gasteiger charge is 2.15. The van der Waals surface area contributed by atoms with Crippen LogP contribution in [-0.2, 0) is 16.0 Å². The minimum Gasteiger partial charge on any atom is -0.457 e. The zero-order valence-electron chi connectivity index (χ0n) is 11.3. The summed E-state index contributed by atoms with van der Waals surface area (Å²) in [6, 6.07) is 18.1. The molecule has 0 unspecified atom stereocenters. The standard InChI is InChI=1S/C17H18O2/c1-13-7-6-8-15(11-13)12-17(19-14(2)18)16-9-4-3-5-10-16/h3-11,17H,12H2,1-2H3/t17-/m1/s1. The van der Waals surface area contributed by atoms with E-state index in [4.69, 9.17) is 4.74 Å². The van der Waals surface area contributed by atoms with Crippen molar-refractivity contribution >= 4 is 5.97 Å². The van der Waals surface area contributed by atoms with E-state index >= 15 is 0 Å². The summed E-state index contributed by atoms with van der Waals surface area (Å²) in [5, 5.41) is 0. The number of hydrogen-bond donors (Lipinski definition) is 0. The van der Waals surface area contributed by atoms with Crippen LogP contribution >= 0.6 is 0 Å². The van der Waals surface area contributed by atoms with Crippen LogP contribution in [0.1, 0.15) is 29.7 Å². The van der Waals surface area contributed by atoms with Gasteiger partial charge in [-0.05, 0) is 18.1 Å². The van der Waals surface area contributed by atoms with Gasteiger partial charge in [0.25, 0.3) is 0 Å². The van der Waals surface area contributed by atoms with E-state index < -0.39 is 0 Å². The zero-order chi connectivity index (χ0) is 13.7. The van der Waals surface area contributed by atoms with Gasteiger partial charge in [-0.3, -0.25) is 4.79 Å². The molecule has 2 rings (SSSR count). The Kier molecular flexibility index (Phi) is 4.35. The van der Waals surface area contributed by atoms with Gasteiger partial charge in [-0.2, -0.15) is 0 Å². The van der Waals surface area contributed by atoms with Gasteiger partial charge >= 0.3 is 5.97 Å². The third-order valence-corrected chi connectivity index (χ3v) is 2.98. The number of esters is 1. The minimum absolute atomic E-state index is 0.222. The van der Waals surface area contributed by atoms with Gasteiger partial charge < -0.3 is 4.74 Å². The van der Waals surface area contributed by atoms with Crippen LogP contribution in [0.25, 0.3) is 0 Å². The predicted molar refractivity (Wildman–Crippen MR) is 75.8 cm³/mol. The van der Waals surface area contributed by atoms with Crippen molar-refractivity contribution in [3.05, 3.63) is 71.3 Å². The molecule has 2 aromatic carbocycles.